The van der Waals surface area contributed by atoms with Crippen LogP contribution in [-0.2, 0) is 6.54 Å². The second-order valence-electron chi connectivity index (χ2n) is 11.6. The Labute approximate surface area is 256 Å². The van der Waals surface area contributed by atoms with Gasteiger partial charge in [0.05, 0.1) is 41.2 Å². The molecule has 0 spiro atoms. The molecule has 0 bridgehead atoms. The molecule has 0 aliphatic carbocycles. The van der Waals surface area contributed by atoms with Crippen LogP contribution in [0.3, 0.4) is 0 Å². The summed E-state index contributed by atoms with van der Waals surface area (Å²) in [6.07, 6.45) is 8.27. The Morgan fingerprint density at radius 2 is 1.84 bits per heavy atom. The van der Waals surface area contributed by atoms with Crippen LogP contribution >= 0.6 is 0 Å². The van der Waals surface area contributed by atoms with Crippen LogP contribution in [0.5, 0.6) is 5.75 Å². The number of ether oxygens (including phenoxy) is 1. The largest absolute Gasteiger partial charge is 0.492 e. The van der Waals surface area contributed by atoms with Crippen LogP contribution < -0.4 is 4.74 Å². The van der Waals surface area contributed by atoms with Crippen LogP contribution in [0.2, 0.25) is 0 Å². The molecular formula is C32H30F3N9O. The highest BCUT2D eigenvalue weighted by atomic mass is 19.3. The Hall–Kier alpha value is -4.88. The van der Waals surface area contributed by atoms with Crippen LogP contribution in [0.4, 0.5) is 13.2 Å². The summed E-state index contributed by atoms with van der Waals surface area (Å²) in [6.45, 7) is 1.60. The maximum atomic E-state index is 14.6. The normalized spacial score (nSPS) is 15.1. The third kappa shape index (κ3) is 6.08. The first-order chi connectivity index (χ1) is 21.7. The number of likely N-dealkylation sites (tertiary alicyclic amines) is 1. The molecule has 0 radical (unpaired) electrons. The summed E-state index contributed by atoms with van der Waals surface area (Å²) in [7, 11) is 3.89. The Balaban J connectivity index is 1.20. The van der Waals surface area contributed by atoms with Crippen molar-refractivity contribution >= 4 is 21.9 Å². The van der Waals surface area contributed by atoms with E-state index in [-0.39, 0.29) is 13.0 Å². The summed E-state index contributed by atoms with van der Waals surface area (Å²) in [5, 5.41) is 8.31. The molecule has 1 aromatic carbocycles. The molecule has 6 heterocycles. The Morgan fingerprint density at radius 3 is 2.67 bits per heavy atom. The quantitative estimate of drug-likeness (QED) is 0.219. The number of H-pyrrole nitrogens is 2. The van der Waals surface area contributed by atoms with Crippen molar-refractivity contribution in [3.63, 3.8) is 0 Å². The molecule has 2 N–H and O–H groups in total. The lowest BCUT2D eigenvalue weighted by atomic mass is 10.1. The van der Waals surface area contributed by atoms with Crippen molar-refractivity contribution < 1.29 is 17.9 Å². The van der Waals surface area contributed by atoms with Gasteiger partial charge < -0.3 is 14.6 Å². The van der Waals surface area contributed by atoms with Gasteiger partial charge in [-0.25, -0.2) is 18.2 Å². The van der Waals surface area contributed by atoms with Crippen LogP contribution in [0, 0.1) is 5.82 Å². The van der Waals surface area contributed by atoms with E-state index in [1.807, 2.05) is 31.1 Å². The van der Waals surface area contributed by atoms with Crippen molar-refractivity contribution in [1.82, 2.24) is 44.9 Å². The van der Waals surface area contributed by atoms with Gasteiger partial charge in [0.2, 0.25) is 0 Å². The molecule has 230 valence electrons. The Morgan fingerprint density at radius 1 is 0.978 bits per heavy atom. The minimum Gasteiger partial charge on any atom is -0.492 e. The van der Waals surface area contributed by atoms with E-state index in [4.69, 9.17) is 9.72 Å². The molecule has 0 atom stereocenters. The smallest absolute Gasteiger partial charge is 0.261 e. The second kappa shape index (κ2) is 11.6. The van der Waals surface area contributed by atoms with Crippen molar-refractivity contribution in [2.24, 2.45) is 0 Å². The van der Waals surface area contributed by atoms with Gasteiger partial charge in [-0.2, -0.15) is 5.10 Å². The average molecular weight is 614 g/mol. The Bertz CT molecular complexity index is 2010. The number of imidazole rings is 1. The van der Waals surface area contributed by atoms with Crippen molar-refractivity contribution in [3.05, 3.63) is 72.7 Å². The van der Waals surface area contributed by atoms with E-state index in [1.165, 1.54) is 12.1 Å². The van der Waals surface area contributed by atoms with E-state index in [9.17, 15) is 13.2 Å². The zero-order valence-electron chi connectivity index (χ0n) is 24.7. The van der Waals surface area contributed by atoms with E-state index >= 15 is 0 Å². The number of nitrogens with one attached hydrogen (secondary N) is 2. The lowest BCUT2D eigenvalue weighted by Gasteiger charge is -2.15. The highest BCUT2D eigenvalue weighted by Gasteiger charge is 2.37. The van der Waals surface area contributed by atoms with Crippen LogP contribution in [-0.4, -0.2) is 91.2 Å². The number of rotatable bonds is 9. The third-order valence-corrected chi connectivity index (χ3v) is 7.80. The minimum absolute atomic E-state index is 0.129. The van der Waals surface area contributed by atoms with E-state index in [0.29, 0.717) is 76.9 Å². The van der Waals surface area contributed by atoms with Gasteiger partial charge in [-0.1, -0.05) is 0 Å². The van der Waals surface area contributed by atoms with Crippen molar-refractivity contribution in [1.29, 1.82) is 0 Å². The molecule has 10 nitrogen and oxygen atoms in total. The zero-order chi connectivity index (χ0) is 31.1. The monoisotopic (exact) mass is 613 g/mol. The van der Waals surface area contributed by atoms with Gasteiger partial charge in [0, 0.05) is 67.2 Å². The molecular weight excluding hydrogens is 583 g/mol. The van der Waals surface area contributed by atoms with Crippen molar-refractivity contribution in [3.8, 4) is 39.7 Å². The lowest BCUT2D eigenvalue weighted by Crippen LogP contribution is -2.24. The molecule has 13 heteroatoms. The number of aromatic amines is 2. The Kier molecular flexibility index (Phi) is 7.42. The summed E-state index contributed by atoms with van der Waals surface area (Å²) in [4.78, 5) is 25.2. The first-order valence-corrected chi connectivity index (χ1v) is 14.5. The number of fused-ring (bicyclic) bond motifs is 2. The van der Waals surface area contributed by atoms with Crippen molar-refractivity contribution in [2.45, 2.75) is 18.9 Å². The molecule has 0 amide bonds. The van der Waals surface area contributed by atoms with Gasteiger partial charge in [-0.15, -0.1) is 0 Å². The maximum absolute atomic E-state index is 14.6. The van der Waals surface area contributed by atoms with Gasteiger partial charge >= 0.3 is 0 Å². The van der Waals surface area contributed by atoms with Gasteiger partial charge in [0.1, 0.15) is 23.9 Å². The predicted molar refractivity (Wildman–Crippen MR) is 164 cm³/mol. The number of benzene rings is 1. The van der Waals surface area contributed by atoms with Crippen LogP contribution in [0.15, 0.2) is 61.3 Å². The highest BCUT2D eigenvalue weighted by Crippen LogP contribution is 2.34. The number of aromatic nitrogens is 7. The topological polar surface area (TPSA) is 112 Å². The fourth-order valence-corrected chi connectivity index (χ4v) is 5.57. The zero-order valence-corrected chi connectivity index (χ0v) is 24.7. The molecule has 45 heavy (non-hydrogen) atoms. The summed E-state index contributed by atoms with van der Waals surface area (Å²) >= 11 is 0. The number of alkyl halides is 2. The molecule has 0 unspecified atom stereocenters. The van der Waals surface area contributed by atoms with Crippen LogP contribution in [0.1, 0.15) is 12.0 Å². The van der Waals surface area contributed by atoms with E-state index in [1.54, 1.807) is 42.0 Å². The number of pyridine rings is 3. The number of likely N-dealkylation sites (N-methyl/N-ethyl adjacent to an activating group) is 1. The van der Waals surface area contributed by atoms with Gasteiger partial charge in [0.25, 0.3) is 5.92 Å². The molecule has 5 aromatic heterocycles. The third-order valence-electron chi connectivity index (χ3n) is 7.80. The number of nitrogens with zero attached hydrogens (tertiary/aromatic N) is 7. The lowest BCUT2D eigenvalue weighted by molar-refractivity contribution is 0.0115. The fraction of sp³-hybridized carbons (Fsp3) is 0.281. The van der Waals surface area contributed by atoms with Crippen LogP contribution in [0.25, 0.3) is 55.8 Å². The SMILES string of the molecule is CN(C)CCOc1cc(F)cc(-c2cncc3[nH]c(-c4n[nH]c5cnc(-c6cncc(CN7CCC(F)(F)C7)c6)cc45)nc23)c1. The number of hydrogen-bond donors (Lipinski definition) is 2. The second-order valence-corrected chi connectivity index (χ2v) is 11.6. The van der Waals surface area contributed by atoms with E-state index in [0.717, 1.165) is 16.5 Å². The maximum Gasteiger partial charge on any atom is 0.261 e. The molecule has 7 rings (SSSR count). The average Bonchev–Trinajstić information content (AvgIpc) is 3.72. The van der Waals surface area contributed by atoms with Gasteiger partial charge in [-0.05, 0) is 49.5 Å². The first kappa shape index (κ1) is 28.9. The summed E-state index contributed by atoms with van der Waals surface area (Å²) in [5.74, 6) is -2.14. The summed E-state index contributed by atoms with van der Waals surface area (Å²) in [5.41, 5.74) is 6.05. The summed E-state index contributed by atoms with van der Waals surface area (Å²) in [6, 6.07) is 8.40. The molecule has 1 saturated heterocycles. The summed E-state index contributed by atoms with van der Waals surface area (Å²) < 4.78 is 47.8. The molecule has 0 saturated carbocycles. The molecule has 1 aliphatic heterocycles. The molecule has 6 aromatic rings. The van der Waals surface area contributed by atoms with Gasteiger partial charge in [-0.3, -0.25) is 25.0 Å². The molecule has 1 aliphatic rings. The number of halogens is 3. The standard InChI is InChI=1S/C32H30F3N9O/c1-43(2)5-6-45-23-9-20(8-22(33)10-23)25-14-37-15-28-29(25)40-31(39-28)30-24-11-26(38-16-27(24)41-42-30)21-7-19(12-36-13-21)17-44-4-3-32(34,35)18-44/h7-16H,3-6,17-18H2,1-2H3,(H,39,40)(H,41,42). The first-order valence-electron chi connectivity index (χ1n) is 14.5. The minimum atomic E-state index is -2.65. The van der Waals surface area contributed by atoms with Gasteiger partial charge in [0.15, 0.2) is 5.82 Å². The van der Waals surface area contributed by atoms with E-state index < -0.39 is 11.7 Å². The predicted octanol–water partition coefficient (Wildman–Crippen LogP) is 5.55. The number of hydrogen-bond acceptors (Lipinski definition) is 8. The highest BCUT2D eigenvalue weighted by molar-refractivity contribution is 5.97. The molecule has 1 fully saturated rings. The van der Waals surface area contributed by atoms with Crippen molar-refractivity contribution in [2.75, 3.05) is 40.3 Å². The van der Waals surface area contributed by atoms with E-state index in [2.05, 4.69) is 30.1 Å². The fourth-order valence-electron chi connectivity index (χ4n) is 5.57.